The van der Waals surface area contributed by atoms with Crippen molar-refractivity contribution in [3.05, 3.63) is 12.7 Å². The summed E-state index contributed by atoms with van der Waals surface area (Å²) in [4.78, 5) is 21.0. The molecule has 0 atom stereocenters. The summed E-state index contributed by atoms with van der Waals surface area (Å²) >= 11 is 0. The molecule has 0 amide bonds. The predicted octanol–water partition coefficient (Wildman–Crippen LogP) is 0.312. The van der Waals surface area contributed by atoms with Crippen LogP contribution in [0.5, 0.6) is 0 Å². The first-order valence-electron chi connectivity index (χ1n) is 5.25. The lowest BCUT2D eigenvalue weighted by atomic mass is 10.6. The van der Waals surface area contributed by atoms with Crippen LogP contribution in [0.25, 0.3) is 0 Å². The predicted molar refractivity (Wildman–Crippen MR) is 59.4 cm³/mol. The van der Waals surface area contributed by atoms with Gasteiger partial charge in [-0.3, -0.25) is 4.79 Å². The van der Waals surface area contributed by atoms with Gasteiger partial charge in [-0.15, -0.1) is 0 Å². The quantitative estimate of drug-likeness (QED) is 0.314. The molecule has 0 aromatic heterocycles. The lowest BCUT2D eigenvalue weighted by Gasteiger charge is -2.06. The maximum Gasteiger partial charge on any atom is 0.330 e. The molecule has 98 valence electrons. The Morgan fingerprint density at radius 3 is 1.88 bits per heavy atom. The van der Waals surface area contributed by atoms with Gasteiger partial charge in [-0.05, 0) is 0 Å². The van der Waals surface area contributed by atoms with Gasteiger partial charge in [-0.2, -0.15) is 0 Å². The van der Waals surface area contributed by atoms with E-state index in [-0.39, 0.29) is 19.2 Å². The van der Waals surface area contributed by atoms with Crippen molar-refractivity contribution in [1.29, 1.82) is 0 Å². The first-order valence-corrected chi connectivity index (χ1v) is 5.25. The number of hydrogen-bond acceptors (Lipinski definition) is 6. The molecular formula is C11H18O6. The highest BCUT2D eigenvalue weighted by Crippen LogP contribution is 1.84. The van der Waals surface area contributed by atoms with Crippen molar-refractivity contribution >= 4 is 11.9 Å². The SMILES string of the molecule is C=CC(=O)OCCOCCOCCOC(C)=O. The topological polar surface area (TPSA) is 71.1 Å². The summed E-state index contributed by atoms with van der Waals surface area (Å²) in [5, 5.41) is 0. The van der Waals surface area contributed by atoms with Crippen LogP contribution in [0.1, 0.15) is 6.92 Å². The second-order valence-corrected chi connectivity index (χ2v) is 2.94. The van der Waals surface area contributed by atoms with E-state index in [2.05, 4.69) is 16.1 Å². The molecule has 0 aliphatic carbocycles. The first kappa shape index (κ1) is 15.6. The third-order valence-electron chi connectivity index (χ3n) is 1.54. The molecule has 0 heterocycles. The fourth-order valence-corrected chi connectivity index (χ4v) is 0.826. The largest absolute Gasteiger partial charge is 0.463 e. The van der Waals surface area contributed by atoms with Gasteiger partial charge >= 0.3 is 11.9 Å². The zero-order valence-corrected chi connectivity index (χ0v) is 9.98. The third-order valence-corrected chi connectivity index (χ3v) is 1.54. The van der Waals surface area contributed by atoms with E-state index in [1.807, 2.05) is 0 Å². The van der Waals surface area contributed by atoms with Crippen LogP contribution in [-0.4, -0.2) is 51.6 Å². The Balaban J connectivity index is 3.06. The standard InChI is InChI=1S/C11H18O6/c1-3-11(13)17-9-7-15-5-4-14-6-8-16-10(2)12/h3H,1,4-9H2,2H3. The monoisotopic (exact) mass is 246 g/mol. The van der Waals surface area contributed by atoms with Gasteiger partial charge in [0.25, 0.3) is 0 Å². The van der Waals surface area contributed by atoms with E-state index in [0.29, 0.717) is 26.4 Å². The van der Waals surface area contributed by atoms with Gasteiger partial charge in [-0.25, -0.2) is 4.79 Å². The van der Waals surface area contributed by atoms with Crippen LogP contribution in [0.3, 0.4) is 0 Å². The zero-order chi connectivity index (χ0) is 12.9. The van der Waals surface area contributed by atoms with E-state index >= 15 is 0 Å². The average molecular weight is 246 g/mol. The van der Waals surface area contributed by atoms with Crippen LogP contribution >= 0.6 is 0 Å². The minimum Gasteiger partial charge on any atom is -0.463 e. The molecule has 0 bridgehead atoms. The van der Waals surface area contributed by atoms with Crippen LogP contribution in [0.15, 0.2) is 12.7 Å². The van der Waals surface area contributed by atoms with Crippen LogP contribution in [0.2, 0.25) is 0 Å². The van der Waals surface area contributed by atoms with Crippen LogP contribution in [0, 0.1) is 0 Å². The van der Waals surface area contributed by atoms with Gasteiger partial charge in [0.15, 0.2) is 0 Å². The summed E-state index contributed by atoms with van der Waals surface area (Å²) in [6.07, 6.45) is 1.10. The van der Waals surface area contributed by atoms with E-state index in [0.717, 1.165) is 6.08 Å². The molecule has 0 fully saturated rings. The second kappa shape index (κ2) is 11.1. The van der Waals surface area contributed by atoms with Crippen molar-refractivity contribution in [2.24, 2.45) is 0 Å². The first-order chi connectivity index (χ1) is 8.16. The van der Waals surface area contributed by atoms with Crippen LogP contribution in [-0.2, 0) is 28.5 Å². The number of carbonyl (C=O) groups is 2. The van der Waals surface area contributed by atoms with Crippen molar-refractivity contribution in [3.63, 3.8) is 0 Å². The Morgan fingerprint density at radius 1 is 0.941 bits per heavy atom. The van der Waals surface area contributed by atoms with Crippen molar-refractivity contribution in [3.8, 4) is 0 Å². The summed E-state index contributed by atoms with van der Waals surface area (Å²) < 4.78 is 19.6. The number of rotatable bonds is 10. The van der Waals surface area contributed by atoms with E-state index < -0.39 is 5.97 Å². The minimum atomic E-state index is -0.466. The molecule has 0 saturated carbocycles. The molecule has 0 aromatic carbocycles. The normalized spacial score (nSPS) is 9.71. The Morgan fingerprint density at radius 2 is 1.41 bits per heavy atom. The molecule has 17 heavy (non-hydrogen) atoms. The van der Waals surface area contributed by atoms with Gasteiger partial charge in [0.2, 0.25) is 0 Å². The highest BCUT2D eigenvalue weighted by molar-refractivity contribution is 5.81. The van der Waals surface area contributed by atoms with E-state index in [1.165, 1.54) is 6.92 Å². The molecular weight excluding hydrogens is 228 g/mol. The molecule has 6 heteroatoms. The van der Waals surface area contributed by atoms with Gasteiger partial charge in [0, 0.05) is 13.0 Å². The number of carbonyl (C=O) groups excluding carboxylic acids is 2. The molecule has 0 radical (unpaired) electrons. The highest BCUT2D eigenvalue weighted by Gasteiger charge is 1.96. The highest BCUT2D eigenvalue weighted by atomic mass is 16.6. The third kappa shape index (κ3) is 12.5. The number of hydrogen-bond donors (Lipinski definition) is 0. The average Bonchev–Trinajstić information content (AvgIpc) is 2.30. The van der Waals surface area contributed by atoms with Crippen molar-refractivity contribution in [1.82, 2.24) is 0 Å². The molecule has 0 aromatic rings. The smallest absolute Gasteiger partial charge is 0.330 e. The second-order valence-electron chi connectivity index (χ2n) is 2.94. The van der Waals surface area contributed by atoms with E-state index in [1.54, 1.807) is 0 Å². The van der Waals surface area contributed by atoms with Crippen molar-refractivity contribution in [2.75, 3.05) is 39.6 Å². The Bertz CT molecular complexity index is 238. The lowest BCUT2D eigenvalue weighted by molar-refractivity contribution is -0.143. The fourth-order valence-electron chi connectivity index (χ4n) is 0.826. The molecule has 0 aliphatic heterocycles. The molecule has 0 N–H and O–H groups in total. The Labute approximate surface area is 100 Å². The summed E-state index contributed by atoms with van der Waals surface area (Å²) in [6, 6.07) is 0. The molecule has 0 saturated heterocycles. The lowest BCUT2D eigenvalue weighted by Crippen LogP contribution is -2.13. The van der Waals surface area contributed by atoms with Crippen LogP contribution in [0.4, 0.5) is 0 Å². The molecule has 0 aliphatic rings. The van der Waals surface area contributed by atoms with Gasteiger partial charge in [0.05, 0.1) is 26.4 Å². The molecule has 0 unspecified atom stereocenters. The van der Waals surface area contributed by atoms with Crippen molar-refractivity contribution < 1.29 is 28.5 Å². The Hall–Kier alpha value is -1.40. The summed E-state index contributed by atoms with van der Waals surface area (Å²) in [7, 11) is 0. The summed E-state index contributed by atoms with van der Waals surface area (Å²) in [6.45, 7) is 6.48. The number of esters is 2. The Kier molecular flexibility index (Phi) is 10.2. The molecule has 6 nitrogen and oxygen atoms in total. The summed E-state index contributed by atoms with van der Waals surface area (Å²) in [5.41, 5.74) is 0. The molecule has 0 spiro atoms. The maximum atomic E-state index is 10.6. The molecule has 0 rings (SSSR count). The van der Waals surface area contributed by atoms with Crippen molar-refractivity contribution in [2.45, 2.75) is 6.92 Å². The van der Waals surface area contributed by atoms with E-state index in [4.69, 9.17) is 9.47 Å². The van der Waals surface area contributed by atoms with Gasteiger partial charge in [-0.1, -0.05) is 6.58 Å². The zero-order valence-electron chi connectivity index (χ0n) is 9.98. The maximum absolute atomic E-state index is 10.6. The van der Waals surface area contributed by atoms with E-state index in [9.17, 15) is 9.59 Å². The summed E-state index contributed by atoms with van der Waals surface area (Å²) in [5.74, 6) is -0.792. The minimum absolute atomic E-state index is 0.193. The van der Waals surface area contributed by atoms with Gasteiger partial charge < -0.3 is 18.9 Å². The number of ether oxygens (including phenoxy) is 4. The fraction of sp³-hybridized carbons (Fsp3) is 0.636. The van der Waals surface area contributed by atoms with Crippen LogP contribution < -0.4 is 0 Å². The van der Waals surface area contributed by atoms with Gasteiger partial charge in [0.1, 0.15) is 13.2 Å².